The van der Waals surface area contributed by atoms with Gasteiger partial charge in [0.15, 0.2) is 0 Å². The highest BCUT2D eigenvalue weighted by Gasteiger charge is 2.54. The van der Waals surface area contributed by atoms with Crippen molar-refractivity contribution in [3.8, 4) is 0 Å². The first-order chi connectivity index (χ1) is 5.29. The van der Waals surface area contributed by atoms with Crippen LogP contribution < -0.4 is 0 Å². The lowest BCUT2D eigenvalue weighted by atomic mass is 9.69. The van der Waals surface area contributed by atoms with E-state index in [0.717, 1.165) is 0 Å². The first-order valence-corrected chi connectivity index (χ1v) is 4.21. The molecule has 0 bridgehead atoms. The van der Waals surface area contributed by atoms with Gasteiger partial charge in [0, 0.05) is 0 Å². The second-order valence-electron chi connectivity index (χ2n) is 4.58. The van der Waals surface area contributed by atoms with Crippen molar-refractivity contribution < 1.29 is 15.0 Å². The quantitative estimate of drug-likeness (QED) is 0.626. The molecule has 0 amide bonds. The van der Waals surface area contributed by atoms with Gasteiger partial charge in [0.25, 0.3) is 0 Å². The van der Waals surface area contributed by atoms with Crippen LogP contribution in [0.3, 0.4) is 0 Å². The Morgan fingerprint density at radius 1 is 1.33 bits per heavy atom. The summed E-state index contributed by atoms with van der Waals surface area (Å²) >= 11 is 0. The molecule has 0 aromatic rings. The Balaban J connectivity index is 2.98. The van der Waals surface area contributed by atoms with Gasteiger partial charge in [0.1, 0.15) is 0 Å². The molecule has 1 saturated carbocycles. The minimum absolute atomic E-state index is 0.307. The molecule has 0 aliphatic heterocycles. The van der Waals surface area contributed by atoms with Gasteiger partial charge in [-0.1, -0.05) is 13.8 Å². The average Bonchev–Trinajstić information content (AvgIpc) is 2.02. The summed E-state index contributed by atoms with van der Waals surface area (Å²) in [5, 5.41) is 18.4. The summed E-state index contributed by atoms with van der Waals surface area (Å²) in [5.41, 5.74) is -1.08. The maximum Gasteiger partial charge on any atom is 0.309 e. The van der Waals surface area contributed by atoms with E-state index in [4.69, 9.17) is 5.11 Å². The van der Waals surface area contributed by atoms with Crippen LogP contribution in [-0.4, -0.2) is 22.3 Å². The Labute approximate surface area is 72.4 Å². The van der Waals surface area contributed by atoms with Crippen molar-refractivity contribution in [2.75, 3.05) is 0 Å². The lowest BCUT2D eigenvalue weighted by molar-refractivity contribution is -0.153. The van der Waals surface area contributed by atoms with Crippen LogP contribution in [-0.2, 0) is 4.79 Å². The van der Waals surface area contributed by atoms with Gasteiger partial charge in [-0.2, -0.15) is 0 Å². The maximum absolute atomic E-state index is 11.0. The first-order valence-electron chi connectivity index (χ1n) is 4.21. The molecule has 3 nitrogen and oxygen atoms in total. The zero-order valence-electron chi connectivity index (χ0n) is 7.79. The Morgan fingerprint density at radius 2 is 1.83 bits per heavy atom. The molecule has 1 rings (SSSR count). The molecule has 0 unspecified atom stereocenters. The Kier molecular flexibility index (Phi) is 1.95. The first kappa shape index (κ1) is 9.52. The van der Waals surface area contributed by atoms with E-state index in [-0.39, 0.29) is 5.41 Å². The Morgan fingerprint density at radius 3 is 2.00 bits per heavy atom. The normalized spacial score (nSPS) is 39.8. The van der Waals surface area contributed by atoms with Gasteiger partial charge in [0.2, 0.25) is 0 Å². The molecule has 1 fully saturated rings. The number of carboxylic acids is 1. The van der Waals surface area contributed by atoms with Gasteiger partial charge in [-0.25, -0.2) is 0 Å². The van der Waals surface area contributed by atoms with Gasteiger partial charge >= 0.3 is 5.97 Å². The van der Waals surface area contributed by atoms with Gasteiger partial charge in [-0.3, -0.25) is 4.79 Å². The molecule has 1 aliphatic rings. The third kappa shape index (κ3) is 1.12. The number of hydrogen-bond acceptors (Lipinski definition) is 2. The van der Waals surface area contributed by atoms with Crippen LogP contribution in [0.2, 0.25) is 0 Å². The third-order valence-corrected chi connectivity index (χ3v) is 3.36. The van der Waals surface area contributed by atoms with Gasteiger partial charge in [-0.15, -0.1) is 0 Å². The second-order valence-corrected chi connectivity index (χ2v) is 4.58. The fourth-order valence-corrected chi connectivity index (χ4v) is 2.01. The Hall–Kier alpha value is -0.570. The highest BCUT2D eigenvalue weighted by atomic mass is 16.4. The number of rotatable bonds is 1. The summed E-state index contributed by atoms with van der Waals surface area (Å²) in [5.74, 6) is -0.802. The zero-order chi connectivity index (χ0) is 9.57. The molecule has 70 valence electrons. The van der Waals surface area contributed by atoms with Crippen LogP contribution in [0.5, 0.6) is 0 Å². The lowest BCUT2D eigenvalue weighted by Gasteiger charge is -2.33. The summed E-state index contributed by atoms with van der Waals surface area (Å²) in [4.78, 5) is 11.0. The van der Waals surface area contributed by atoms with E-state index < -0.39 is 17.5 Å². The van der Waals surface area contributed by atoms with Crippen molar-refractivity contribution in [3.63, 3.8) is 0 Å². The SMILES string of the molecule is CC1(C)C[C@@H](O)C[C@@]1(C)C(=O)O. The van der Waals surface area contributed by atoms with Crippen molar-refractivity contribution in [2.45, 2.75) is 39.7 Å². The summed E-state index contributed by atoms with van der Waals surface area (Å²) in [6.07, 6.45) is 0.492. The van der Waals surface area contributed by atoms with E-state index in [9.17, 15) is 9.90 Å². The fourth-order valence-electron chi connectivity index (χ4n) is 2.01. The lowest BCUT2D eigenvalue weighted by Crippen LogP contribution is -2.37. The summed E-state index contributed by atoms with van der Waals surface area (Å²) in [6.45, 7) is 5.51. The summed E-state index contributed by atoms with van der Waals surface area (Å²) in [7, 11) is 0. The minimum atomic E-state index is -0.802. The monoisotopic (exact) mass is 172 g/mol. The number of aliphatic hydroxyl groups is 1. The maximum atomic E-state index is 11.0. The van der Waals surface area contributed by atoms with Crippen LogP contribution in [0.4, 0.5) is 0 Å². The zero-order valence-corrected chi connectivity index (χ0v) is 7.79. The van der Waals surface area contributed by atoms with Crippen molar-refractivity contribution in [1.82, 2.24) is 0 Å². The number of carbonyl (C=O) groups is 1. The molecule has 0 heterocycles. The third-order valence-electron chi connectivity index (χ3n) is 3.36. The molecule has 2 N–H and O–H groups in total. The topological polar surface area (TPSA) is 57.5 Å². The molecule has 2 atom stereocenters. The van der Waals surface area contributed by atoms with E-state index in [0.29, 0.717) is 12.8 Å². The molecule has 0 radical (unpaired) electrons. The smallest absolute Gasteiger partial charge is 0.309 e. The molecule has 0 aromatic carbocycles. The predicted octanol–water partition coefficient (Wildman–Crippen LogP) is 1.26. The van der Waals surface area contributed by atoms with Crippen LogP contribution in [0, 0.1) is 10.8 Å². The van der Waals surface area contributed by atoms with Gasteiger partial charge in [0.05, 0.1) is 11.5 Å². The van der Waals surface area contributed by atoms with Crippen LogP contribution in [0.1, 0.15) is 33.6 Å². The van der Waals surface area contributed by atoms with E-state index in [2.05, 4.69) is 0 Å². The highest BCUT2D eigenvalue weighted by molar-refractivity contribution is 5.75. The van der Waals surface area contributed by atoms with Crippen LogP contribution >= 0.6 is 0 Å². The molecular formula is C9H16O3. The standard InChI is InChI=1S/C9H16O3/c1-8(2)4-6(10)5-9(8,3)7(11)12/h6,10H,4-5H2,1-3H3,(H,11,12)/t6-,9+/m1/s1. The van der Waals surface area contributed by atoms with Crippen molar-refractivity contribution in [3.05, 3.63) is 0 Å². The molecule has 1 aliphatic carbocycles. The largest absolute Gasteiger partial charge is 0.481 e. The summed E-state index contributed by atoms with van der Waals surface area (Å²) in [6, 6.07) is 0. The van der Waals surface area contributed by atoms with Crippen molar-refractivity contribution in [2.24, 2.45) is 10.8 Å². The molecule has 3 heteroatoms. The molecular weight excluding hydrogens is 156 g/mol. The van der Waals surface area contributed by atoms with E-state index >= 15 is 0 Å². The minimum Gasteiger partial charge on any atom is -0.481 e. The molecule has 0 spiro atoms. The van der Waals surface area contributed by atoms with E-state index in [1.807, 2.05) is 13.8 Å². The molecule has 12 heavy (non-hydrogen) atoms. The summed E-state index contributed by atoms with van der Waals surface area (Å²) < 4.78 is 0. The Bertz CT molecular complexity index is 210. The second kappa shape index (κ2) is 2.46. The van der Waals surface area contributed by atoms with Gasteiger partial charge in [-0.05, 0) is 25.2 Å². The number of hydrogen-bond donors (Lipinski definition) is 2. The van der Waals surface area contributed by atoms with Crippen LogP contribution in [0.15, 0.2) is 0 Å². The molecule has 0 saturated heterocycles. The number of aliphatic hydroxyl groups excluding tert-OH is 1. The highest BCUT2D eigenvalue weighted by Crippen LogP contribution is 2.52. The van der Waals surface area contributed by atoms with Crippen molar-refractivity contribution >= 4 is 5.97 Å². The van der Waals surface area contributed by atoms with E-state index in [1.54, 1.807) is 6.92 Å². The van der Waals surface area contributed by atoms with Crippen molar-refractivity contribution in [1.29, 1.82) is 0 Å². The van der Waals surface area contributed by atoms with Crippen LogP contribution in [0.25, 0.3) is 0 Å². The average molecular weight is 172 g/mol. The predicted molar refractivity (Wildman–Crippen MR) is 44.8 cm³/mol. The molecule has 0 aromatic heterocycles. The van der Waals surface area contributed by atoms with E-state index in [1.165, 1.54) is 0 Å². The van der Waals surface area contributed by atoms with Gasteiger partial charge < -0.3 is 10.2 Å². The number of carboxylic acid groups (broad SMARTS) is 1. The fraction of sp³-hybridized carbons (Fsp3) is 0.889. The number of aliphatic carboxylic acids is 1.